The lowest BCUT2D eigenvalue weighted by atomic mass is 10.0. The predicted octanol–water partition coefficient (Wildman–Crippen LogP) is 3.50. The molecule has 0 amide bonds. The van der Waals surface area contributed by atoms with Crippen molar-refractivity contribution in [2.24, 2.45) is 0 Å². The van der Waals surface area contributed by atoms with E-state index in [9.17, 15) is 0 Å². The van der Waals surface area contributed by atoms with Crippen LogP contribution in [-0.4, -0.2) is 48.1 Å². The molecule has 0 bridgehead atoms. The number of aryl methyl sites for hydroxylation is 1. The molecule has 0 spiro atoms. The van der Waals surface area contributed by atoms with Gasteiger partial charge in [0.15, 0.2) is 0 Å². The normalized spacial score (nSPS) is 16.3. The number of hydrogen-bond donors (Lipinski definition) is 0. The molecule has 4 nitrogen and oxygen atoms in total. The van der Waals surface area contributed by atoms with Crippen LogP contribution in [0.1, 0.15) is 29.5 Å². The number of pyridine rings is 1. The molecule has 2 aromatic rings. The highest BCUT2D eigenvalue weighted by molar-refractivity contribution is 5.36. The van der Waals surface area contributed by atoms with Crippen LogP contribution in [0.5, 0.6) is 5.75 Å². The molecule has 0 N–H and O–H groups in total. The third-order valence-electron chi connectivity index (χ3n) is 5.16. The van der Waals surface area contributed by atoms with E-state index < -0.39 is 0 Å². The molecule has 0 aliphatic carbocycles. The van der Waals surface area contributed by atoms with E-state index in [2.05, 4.69) is 53.0 Å². The molecule has 1 aliphatic heterocycles. The van der Waals surface area contributed by atoms with Crippen LogP contribution in [-0.2, 0) is 13.1 Å². The number of rotatable bonds is 6. The first-order chi connectivity index (χ1) is 12.2. The Balaban J connectivity index is 1.76. The minimum absolute atomic E-state index is 0.624. The largest absolute Gasteiger partial charge is 0.496 e. The summed E-state index contributed by atoms with van der Waals surface area (Å²) in [7, 11) is 3.95. The molecule has 2 heterocycles. The molecule has 0 atom stereocenters. The number of likely N-dealkylation sites (tertiary alicyclic amines) is 1. The quantitative estimate of drug-likeness (QED) is 0.805. The fourth-order valence-electron chi connectivity index (χ4n) is 3.67. The zero-order valence-electron chi connectivity index (χ0n) is 15.6. The fourth-order valence-corrected chi connectivity index (χ4v) is 3.67. The maximum atomic E-state index is 5.40. The summed E-state index contributed by atoms with van der Waals surface area (Å²) in [5, 5.41) is 0. The Labute approximate surface area is 151 Å². The monoisotopic (exact) mass is 339 g/mol. The molecule has 134 valence electrons. The van der Waals surface area contributed by atoms with Gasteiger partial charge in [-0.15, -0.1) is 0 Å². The van der Waals surface area contributed by atoms with Crippen LogP contribution in [0, 0.1) is 6.92 Å². The molecular weight excluding hydrogens is 310 g/mol. The smallest absolute Gasteiger partial charge is 0.121 e. The van der Waals surface area contributed by atoms with Gasteiger partial charge in [0.1, 0.15) is 5.75 Å². The van der Waals surface area contributed by atoms with Crippen LogP contribution in [0.15, 0.2) is 42.7 Å². The minimum atomic E-state index is 0.624. The third kappa shape index (κ3) is 4.80. The van der Waals surface area contributed by atoms with Gasteiger partial charge < -0.3 is 9.64 Å². The van der Waals surface area contributed by atoms with Crippen molar-refractivity contribution in [1.82, 2.24) is 14.8 Å². The predicted molar refractivity (Wildman–Crippen MR) is 102 cm³/mol. The van der Waals surface area contributed by atoms with Crippen LogP contribution in [0.3, 0.4) is 0 Å². The fraction of sp³-hybridized carbons (Fsp3) is 0.476. The van der Waals surface area contributed by atoms with E-state index in [0.717, 1.165) is 18.8 Å². The number of aromatic nitrogens is 1. The zero-order valence-corrected chi connectivity index (χ0v) is 15.6. The molecule has 25 heavy (non-hydrogen) atoms. The van der Waals surface area contributed by atoms with Crippen LogP contribution in [0.25, 0.3) is 0 Å². The number of methoxy groups -OCH3 is 1. The Bertz CT molecular complexity index is 666. The summed E-state index contributed by atoms with van der Waals surface area (Å²) in [4.78, 5) is 9.33. The van der Waals surface area contributed by atoms with Gasteiger partial charge in [0.05, 0.1) is 7.11 Å². The first kappa shape index (κ1) is 17.9. The lowest BCUT2D eigenvalue weighted by molar-refractivity contribution is 0.108. The highest BCUT2D eigenvalue weighted by atomic mass is 16.5. The van der Waals surface area contributed by atoms with Crippen molar-refractivity contribution in [2.45, 2.75) is 38.9 Å². The number of hydrogen-bond acceptors (Lipinski definition) is 4. The molecule has 1 aromatic heterocycles. The molecule has 1 aliphatic rings. The molecule has 4 heteroatoms. The van der Waals surface area contributed by atoms with Crippen molar-refractivity contribution < 1.29 is 4.74 Å². The Kier molecular flexibility index (Phi) is 6.05. The molecule has 3 rings (SSSR count). The Morgan fingerprint density at radius 2 is 1.92 bits per heavy atom. The van der Waals surface area contributed by atoms with Crippen molar-refractivity contribution in [3.63, 3.8) is 0 Å². The van der Waals surface area contributed by atoms with Gasteiger partial charge in [-0.1, -0.05) is 18.2 Å². The van der Waals surface area contributed by atoms with Gasteiger partial charge in [0, 0.05) is 31.5 Å². The van der Waals surface area contributed by atoms with E-state index in [-0.39, 0.29) is 0 Å². The van der Waals surface area contributed by atoms with Crippen LogP contribution < -0.4 is 4.74 Å². The van der Waals surface area contributed by atoms with E-state index in [4.69, 9.17) is 4.74 Å². The zero-order chi connectivity index (χ0) is 17.6. The van der Waals surface area contributed by atoms with Crippen LogP contribution in [0.4, 0.5) is 0 Å². The van der Waals surface area contributed by atoms with Gasteiger partial charge in [0.2, 0.25) is 0 Å². The van der Waals surface area contributed by atoms with E-state index in [0.29, 0.717) is 6.04 Å². The van der Waals surface area contributed by atoms with Gasteiger partial charge in [-0.2, -0.15) is 0 Å². The second kappa shape index (κ2) is 8.45. The van der Waals surface area contributed by atoms with Crippen molar-refractivity contribution in [1.29, 1.82) is 0 Å². The second-order valence-electron chi connectivity index (χ2n) is 7.10. The number of benzene rings is 1. The standard InChI is InChI=1S/C21H29N3O/c1-17-13-18(6-7-21(17)25-3)15-24(16-19-5-4-10-22-14-19)20-8-11-23(2)12-9-20/h4-7,10,13-14,20H,8-9,11-12,15-16H2,1-3H3. The molecule has 0 unspecified atom stereocenters. The third-order valence-corrected chi connectivity index (χ3v) is 5.16. The van der Waals surface area contributed by atoms with E-state index in [1.54, 1.807) is 7.11 Å². The van der Waals surface area contributed by atoms with E-state index in [1.165, 1.54) is 42.6 Å². The second-order valence-corrected chi connectivity index (χ2v) is 7.10. The first-order valence-electron chi connectivity index (χ1n) is 9.10. The summed E-state index contributed by atoms with van der Waals surface area (Å²) in [6.45, 7) is 6.39. The summed E-state index contributed by atoms with van der Waals surface area (Å²) in [6.07, 6.45) is 6.29. The van der Waals surface area contributed by atoms with Gasteiger partial charge in [-0.3, -0.25) is 9.88 Å². The van der Waals surface area contributed by atoms with Crippen molar-refractivity contribution >= 4 is 0 Å². The molecule has 0 radical (unpaired) electrons. The van der Waals surface area contributed by atoms with Crippen LogP contribution in [0.2, 0.25) is 0 Å². The maximum Gasteiger partial charge on any atom is 0.121 e. The Morgan fingerprint density at radius 1 is 1.16 bits per heavy atom. The first-order valence-corrected chi connectivity index (χ1v) is 9.10. The molecule has 1 aromatic carbocycles. The van der Waals surface area contributed by atoms with Crippen LogP contribution >= 0.6 is 0 Å². The summed E-state index contributed by atoms with van der Waals surface area (Å²) >= 11 is 0. The van der Waals surface area contributed by atoms with Gasteiger partial charge in [-0.25, -0.2) is 0 Å². The topological polar surface area (TPSA) is 28.6 Å². The van der Waals surface area contributed by atoms with Gasteiger partial charge >= 0.3 is 0 Å². The summed E-state index contributed by atoms with van der Waals surface area (Å²) in [5.41, 5.74) is 3.83. The summed E-state index contributed by atoms with van der Waals surface area (Å²) in [5.74, 6) is 0.960. The average molecular weight is 339 g/mol. The number of piperidine rings is 1. The van der Waals surface area contributed by atoms with E-state index >= 15 is 0 Å². The Hall–Kier alpha value is -1.91. The Morgan fingerprint density at radius 3 is 2.56 bits per heavy atom. The molecular formula is C21H29N3O. The van der Waals surface area contributed by atoms with E-state index in [1.807, 2.05) is 18.5 Å². The average Bonchev–Trinajstić information content (AvgIpc) is 2.63. The van der Waals surface area contributed by atoms with Crippen molar-refractivity contribution in [2.75, 3.05) is 27.2 Å². The number of nitrogens with zero attached hydrogens (tertiary/aromatic N) is 3. The number of ether oxygens (including phenoxy) is 1. The summed E-state index contributed by atoms with van der Waals surface area (Å²) in [6, 6.07) is 11.4. The highest BCUT2D eigenvalue weighted by Crippen LogP contribution is 2.24. The lowest BCUT2D eigenvalue weighted by Crippen LogP contribution is -2.43. The summed E-state index contributed by atoms with van der Waals surface area (Å²) < 4.78 is 5.40. The van der Waals surface area contributed by atoms with Crippen molar-refractivity contribution in [3.8, 4) is 5.75 Å². The van der Waals surface area contributed by atoms with Gasteiger partial charge in [-0.05, 0) is 68.7 Å². The lowest BCUT2D eigenvalue weighted by Gasteiger charge is -2.37. The molecule has 1 fully saturated rings. The minimum Gasteiger partial charge on any atom is -0.496 e. The SMILES string of the molecule is COc1ccc(CN(Cc2cccnc2)C2CCN(C)CC2)cc1C. The van der Waals surface area contributed by atoms with Crippen molar-refractivity contribution in [3.05, 3.63) is 59.4 Å². The molecule has 0 saturated carbocycles. The van der Waals surface area contributed by atoms with Gasteiger partial charge in [0.25, 0.3) is 0 Å². The highest BCUT2D eigenvalue weighted by Gasteiger charge is 2.23. The molecule has 1 saturated heterocycles. The maximum absolute atomic E-state index is 5.40.